The molecule has 1 aromatic heterocycles. The van der Waals surface area contributed by atoms with Crippen LogP contribution in [0, 0.1) is 0 Å². The van der Waals surface area contributed by atoms with Crippen molar-refractivity contribution in [2.45, 2.75) is 42.9 Å². The molecule has 6 heteroatoms. The molecule has 1 aliphatic rings. The van der Waals surface area contributed by atoms with Crippen molar-refractivity contribution < 1.29 is 13.9 Å². The molecule has 0 aliphatic carbocycles. The highest BCUT2D eigenvalue weighted by Gasteiger charge is 2.24. The number of carbonyl (C=O) groups is 1. The number of nitrogens with one attached hydrogen (secondary N) is 1. The molecular weight excluding hydrogens is 348 g/mol. The maximum absolute atomic E-state index is 12.5. The number of ether oxygens (including phenoxy) is 1. The highest BCUT2D eigenvalue weighted by atomic mass is 32.2. The number of piperidine rings is 1. The van der Waals surface area contributed by atoms with Gasteiger partial charge in [-0.1, -0.05) is 6.92 Å². The number of carbonyl (C=O) groups excluding carboxylic acids is 1. The van der Waals surface area contributed by atoms with E-state index >= 15 is 0 Å². The lowest BCUT2D eigenvalue weighted by Crippen LogP contribution is -2.45. The molecule has 3 rings (SSSR count). The van der Waals surface area contributed by atoms with Gasteiger partial charge in [-0.15, -0.1) is 11.8 Å². The number of thioether (sulfide) groups is 1. The van der Waals surface area contributed by atoms with E-state index in [9.17, 15) is 4.79 Å². The largest absolute Gasteiger partial charge is 0.468 e. The van der Waals surface area contributed by atoms with Crippen LogP contribution in [0.3, 0.4) is 0 Å². The Bertz CT molecular complexity index is 673. The molecule has 2 aromatic rings. The Morgan fingerprint density at radius 1 is 1.35 bits per heavy atom. The van der Waals surface area contributed by atoms with E-state index in [4.69, 9.17) is 9.15 Å². The standard InChI is InChI=1S/C20H26N2O3S/c1-2-12-24-17-5-3-11-22(14-17)20(23)21-16-7-9-19(10-8-16)26-15-18-6-4-13-25-18/h4,6-10,13,17H,2-3,5,11-12,14-15H2,1H3,(H,21,23). The number of benzene rings is 1. The summed E-state index contributed by atoms with van der Waals surface area (Å²) < 4.78 is 11.1. The molecule has 1 unspecified atom stereocenters. The van der Waals surface area contributed by atoms with Gasteiger partial charge in [0.15, 0.2) is 0 Å². The van der Waals surface area contributed by atoms with Crippen molar-refractivity contribution in [1.82, 2.24) is 4.90 Å². The smallest absolute Gasteiger partial charge is 0.321 e. The van der Waals surface area contributed by atoms with Crippen LogP contribution >= 0.6 is 11.8 Å². The average molecular weight is 375 g/mol. The zero-order valence-corrected chi connectivity index (χ0v) is 16.0. The van der Waals surface area contributed by atoms with E-state index in [0.717, 1.165) is 54.5 Å². The van der Waals surface area contributed by atoms with Gasteiger partial charge < -0.3 is 19.4 Å². The minimum atomic E-state index is -0.0502. The fourth-order valence-electron chi connectivity index (χ4n) is 2.93. The SMILES string of the molecule is CCCOC1CCCN(C(=O)Nc2ccc(SCc3ccco3)cc2)C1. The summed E-state index contributed by atoms with van der Waals surface area (Å²) in [6.45, 7) is 4.32. The van der Waals surface area contributed by atoms with Gasteiger partial charge in [0.1, 0.15) is 5.76 Å². The first kappa shape index (κ1) is 18.9. The predicted molar refractivity (Wildman–Crippen MR) is 105 cm³/mol. The van der Waals surface area contributed by atoms with E-state index in [-0.39, 0.29) is 12.1 Å². The third kappa shape index (κ3) is 5.54. The van der Waals surface area contributed by atoms with Crippen molar-refractivity contribution in [2.75, 3.05) is 25.0 Å². The average Bonchev–Trinajstić information content (AvgIpc) is 3.19. The number of furan rings is 1. The molecule has 26 heavy (non-hydrogen) atoms. The number of amides is 2. The normalized spacial score (nSPS) is 17.3. The van der Waals surface area contributed by atoms with Crippen LogP contribution in [0.5, 0.6) is 0 Å². The van der Waals surface area contributed by atoms with Gasteiger partial charge in [0, 0.05) is 30.3 Å². The van der Waals surface area contributed by atoms with E-state index in [1.54, 1.807) is 18.0 Å². The van der Waals surface area contributed by atoms with Crippen molar-refractivity contribution in [2.24, 2.45) is 0 Å². The molecule has 1 fully saturated rings. The van der Waals surface area contributed by atoms with Crippen LogP contribution in [-0.2, 0) is 10.5 Å². The van der Waals surface area contributed by atoms with Crippen LogP contribution in [0.1, 0.15) is 31.9 Å². The molecule has 0 radical (unpaired) electrons. The van der Waals surface area contributed by atoms with E-state index in [1.165, 1.54) is 0 Å². The number of hydrogen-bond donors (Lipinski definition) is 1. The van der Waals surface area contributed by atoms with Gasteiger partial charge in [-0.05, 0) is 55.7 Å². The second-order valence-corrected chi connectivity index (χ2v) is 7.45. The zero-order valence-electron chi connectivity index (χ0n) is 15.1. The van der Waals surface area contributed by atoms with Crippen LogP contribution in [0.2, 0.25) is 0 Å². The van der Waals surface area contributed by atoms with Gasteiger partial charge in [0.25, 0.3) is 0 Å². The second-order valence-electron chi connectivity index (χ2n) is 6.40. The quantitative estimate of drug-likeness (QED) is 0.693. The van der Waals surface area contributed by atoms with E-state index in [2.05, 4.69) is 12.2 Å². The van der Waals surface area contributed by atoms with Crippen LogP contribution in [0.4, 0.5) is 10.5 Å². The molecule has 1 saturated heterocycles. The minimum absolute atomic E-state index is 0.0502. The lowest BCUT2D eigenvalue weighted by Gasteiger charge is -2.32. The molecule has 5 nitrogen and oxygen atoms in total. The molecule has 0 saturated carbocycles. The molecule has 140 valence electrons. The Morgan fingerprint density at radius 2 is 2.19 bits per heavy atom. The van der Waals surface area contributed by atoms with Gasteiger partial charge >= 0.3 is 6.03 Å². The van der Waals surface area contributed by atoms with Gasteiger partial charge in [0.2, 0.25) is 0 Å². The molecular formula is C20H26N2O3S. The minimum Gasteiger partial charge on any atom is -0.468 e. The summed E-state index contributed by atoms with van der Waals surface area (Å²) >= 11 is 1.71. The molecule has 0 spiro atoms. The van der Waals surface area contributed by atoms with Crippen LogP contribution < -0.4 is 5.32 Å². The van der Waals surface area contributed by atoms with Gasteiger partial charge in [-0.25, -0.2) is 4.79 Å². The topological polar surface area (TPSA) is 54.7 Å². The predicted octanol–water partition coefficient (Wildman–Crippen LogP) is 4.99. The summed E-state index contributed by atoms with van der Waals surface area (Å²) in [5, 5.41) is 2.99. The molecule has 1 aliphatic heterocycles. The summed E-state index contributed by atoms with van der Waals surface area (Å²) in [6.07, 6.45) is 4.88. The van der Waals surface area contributed by atoms with Crippen LogP contribution in [0.25, 0.3) is 0 Å². The number of rotatable bonds is 7. The number of nitrogens with zero attached hydrogens (tertiary/aromatic N) is 1. The van der Waals surface area contributed by atoms with E-state index in [1.807, 2.05) is 41.3 Å². The lowest BCUT2D eigenvalue weighted by atomic mass is 10.1. The zero-order chi connectivity index (χ0) is 18.2. The summed E-state index contributed by atoms with van der Waals surface area (Å²) in [4.78, 5) is 15.5. The number of urea groups is 1. The fraction of sp³-hybridized carbons (Fsp3) is 0.450. The third-order valence-electron chi connectivity index (χ3n) is 4.29. The molecule has 2 amide bonds. The second kappa shape index (κ2) is 9.69. The lowest BCUT2D eigenvalue weighted by molar-refractivity contribution is 0.0115. The Balaban J connectivity index is 1.47. The van der Waals surface area contributed by atoms with Crippen molar-refractivity contribution in [3.05, 3.63) is 48.4 Å². The summed E-state index contributed by atoms with van der Waals surface area (Å²) in [5.41, 5.74) is 0.814. The van der Waals surface area contributed by atoms with Gasteiger partial charge in [-0.2, -0.15) is 0 Å². The molecule has 0 bridgehead atoms. The summed E-state index contributed by atoms with van der Waals surface area (Å²) in [7, 11) is 0. The van der Waals surface area contributed by atoms with Gasteiger partial charge in [0.05, 0.1) is 18.1 Å². The van der Waals surface area contributed by atoms with E-state index < -0.39 is 0 Å². The first-order valence-corrected chi connectivity index (χ1v) is 10.2. The Morgan fingerprint density at radius 3 is 2.92 bits per heavy atom. The van der Waals surface area contributed by atoms with Crippen LogP contribution in [-0.4, -0.2) is 36.7 Å². The Labute approximate surface area is 159 Å². The Hall–Kier alpha value is -1.92. The summed E-state index contributed by atoms with van der Waals surface area (Å²) in [6, 6.07) is 11.7. The maximum atomic E-state index is 12.5. The number of anilines is 1. The first-order valence-electron chi connectivity index (χ1n) is 9.17. The third-order valence-corrected chi connectivity index (χ3v) is 5.32. The van der Waals surface area contributed by atoms with Crippen LogP contribution in [0.15, 0.2) is 52.0 Å². The monoisotopic (exact) mass is 374 g/mol. The molecule has 1 atom stereocenters. The van der Waals surface area contributed by atoms with Crippen molar-refractivity contribution >= 4 is 23.5 Å². The van der Waals surface area contributed by atoms with Gasteiger partial charge in [-0.3, -0.25) is 0 Å². The maximum Gasteiger partial charge on any atom is 0.321 e. The van der Waals surface area contributed by atoms with Crippen molar-refractivity contribution in [1.29, 1.82) is 0 Å². The number of hydrogen-bond acceptors (Lipinski definition) is 4. The summed E-state index contributed by atoms with van der Waals surface area (Å²) in [5.74, 6) is 1.75. The Kier molecular flexibility index (Phi) is 7.03. The highest BCUT2D eigenvalue weighted by Crippen LogP contribution is 2.24. The van der Waals surface area contributed by atoms with E-state index in [0.29, 0.717) is 6.54 Å². The van der Waals surface area contributed by atoms with Crippen molar-refractivity contribution in [3.63, 3.8) is 0 Å². The molecule has 2 heterocycles. The molecule has 1 aromatic carbocycles. The number of likely N-dealkylation sites (tertiary alicyclic amines) is 1. The first-order chi connectivity index (χ1) is 12.7. The highest BCUT2D eigenvalue weighted by molar-refractivity contribution is 7.98. The molecule has 1 N–H and O–H groups in total. The fourth-order valence-corrected chi connectivity index (χ4v) is 3.73. The van der Waals surface area contributed by atoms with Crippen molar-refractivity contribution in [3.8, 4) is 0 Å².